The molecule has 178 valence electrons. The van der Waals surface area contributed by atoms with E-state index in [2.05, 4.69) is 91.9 Å². The molecule has 37 heavy (non-hydrogen) atoms. The normalized spacial score (nSPS) is 16.8. The van der Waals surface area contributed by atoms with Crippen molar-refractivity contribution in [3.05, 3.63) is 130 Å². The van der Waals surface area contributed by atoms with Gasteiger partial charge in [-0.1, -0.05) is 104 Å². The maximum Gasteiger partial charge on any atom is 0.143 e. The van der Waals surface area contributed by atoms with Crippen LogP contribution in [0.1, 0.15) is 47.6 Å². The summed E-state index contributed by atoms with van der Waals surface area (Å²) < 4.78 is 6.60. The number of furan rings is 1. The van der Waals surface area contributed by atoms with Gasteiger partial charge in [-0.3, -0.25) is 0 Å². The molecule has 1 atom stereocenters. The summed E-state index contributed by atoms with van der Waals surface area (Å²) in [7, 11) is 0. The van der Waals surface area contributed by atoms with Crippen LogP contribution in [0, 0.1) is 0 Å². The van der Waals surface area contributed by atoms with E-state index in [1.165, 1.54) is 62.9 Å². The topological polar surface area (TPSA) is 13.1 Å². The third kappa shape index (κ3) is 2.65. The first-order chi connectivity index (χ1) is 18.2. The van der Waals surface area contributed by atoms with E-state index >= 15 is 0 Å². The number of para-hydroxylation sites is 1. The van der Waals surface area contributed by atoms with Gasteiger partial charge in [-0.2, -0.15) is 0 Å². The molecule has 2 aliphatic rings. The van der Waals surface area contributed by atoms with Crippen LogP contribution in [0.2, 0.25) is 5.02 Å². The molecule has 6 aromatic rings. The lowest BCUT2D eigenvalue weighted by molar-refractivity contribution is 0.669. The van der Waals surface area contributed by atoms with Gasteiger partial charge in [0.1, 0.15) is 11.2 Å². The number of rotatable bonds is 3. The van der Waals surface area contributed by atoms with Crippen molar-refractivity contribution < 1.29 is 4.42 Å². The number of hydrogen-bond donors (Lipinski definition) is 0. The molecule has 1 spiro atoms. The van der Waals surface area contributed by atoms with Crippen molar-refractivity contribution in [2.75, 3.05) is 0 Å². The molecule has 1 aromatic heterocycles. The summed E-state index contributed by atoms with van der Waals surface area (Å²) in [4.78, 5) is 0. The Kier molecular flexibility index (Phi) is 4.37. The Morgan fingerprint density at radius 2 is 1.46 bits per heavy atom. The average molecular weight is 497 g/mol. The summed E-state index contributed by atoms with van der Waals surface area (Å²) in [6.45, 7) is 2.26. The van der Waals surface area contributed by atoms with Crippen molar-refractivity contribution >= 4 is 33.5 Å². The van der Waals surface area contributed by atoms with Gasteiger partial charge in [0.15, 0.2) is 0 Å². The molecule has 0 saturated carbocycles. The number of unbranched alkanes of at least 4 members (excludes halogenated alkanes) is 1. The highest BCUT2D eigenvalue weighted by atomic mass is 35.5. The lowest BCUT2D eigenvalue weighted by atomic mass is 9.70. The standard InChI is InChI=1S/C35H25ClO/c1-2-3-8-21-13-15-24-23-9-4-6-11-28(23)35(30(24)19-21)29-18-17-26-25-10-5-7-12-32(25)37-34(26)33(29)27-16-14-22(36)20-31(27)35/h4-7,9-20H,2-3,8H2,1H3. The average Bonchev–Trinajstić information content (AvgIpc) is 3.55. The van der Waals surface area contributed by atoms with Crippen LogP contribution in [0.5, 0.6) is 0 Å². The van der Waals surface area contributed by atoms with Crippen LogP contribution in [0.4, 0.5) is 0 Å². The SMILES string of the molecule is CCCCc1ccc2c(c1)C1(c3ccccc3-2)c2cc(Cl)ccc2-c2c1ccc1c2oc2ccccc21. The van der Waals surface area contributed by atoms with Gasteiger partial charge >= 0.3 is 0 Å². The quantitative estimate of drug-likeness (QED) is 0.237. The Labute approximate surface area is 221 Å². The summed E-state index contributed by atoms with van der Waals surface area (Å²) >= 11 is 6.74. The second-order valence-corrected chi connectivity index (χ2v) is 10.9. The molecule has 0 aliphatic heterocycles. The van der Waals surface area contributed by atoms with E-state index in [4.69, 9.17) is 16.0 Å². The van der Waals surface area contributed by atoms with Crippen molar-refractivity contribution in [1.29, 1.82) is 0 Å². The first kappa shape index (κ1) is 21.3. The smallest absolute Gasteiger partial charge is 0.143 e. The lowest BCUT2D eigenvalue weighted by Gasteiger charge is -2.30. The largest absolute Gasteiger partial charge is 0.455 e. The predicted octanol–water partition coefficient (Wildman–Crippen LogP) is 9.93. The first-order valence-corrected chi connectivity index (χ1v) is 13.6. The highest BCUT2D eigenvalue weighted by Crippen LogP contribution is 2.64. The Bertz CT molecular complexity index is 1890. The highest BCUT2D eigenvalue weighted by molar-refractivity contribution is 6.31. The van der Waals surface area contributed by atoms with Crippen molar-refractivity contribution in [3.8, 4) is 22.3 Å². The molecule has 0 radical (unpaired) electrons. The summed E-state index contributed by atoms with van der Waals surface area (Å²) in [6.07, 6.45) is 3.47. The zero-order chi connectivity index (χ0) is 24.7. The molecule has 1 heterocycles. The molecule has 0 N–H and O–H groups in total. The molecular formula is C35H25ClO. The van der Waals surface area contributed by atoms with Gasteiger partial charge < -0.3 is 4.42 Å². The molecule has 0 amide bonds. The monoisotopic (exact) mass is 496 g/mol. The second kappa shape index (κ2) is 7.60. The van der Waals surface area contributed by atoms with E-state index in [1.54, 1.807) is 0 Å². The van der Waals surface area contributed by atoms with E-state index in [0.29, 0.717) is 0 Å². The van der Waals surface area contributed by atoms with Gasteiger partial charge in [0.2, 0.25) is 0 Å². The van der Waals surface area contributed by atoms with Crippen LogP contribution in [-0.4, -0.2) is 0 Å². The predicted molar refractivity (Wildman–Crippen MR) is 154 cm³/mol. The van der Waals surface area contributed by atoms with Crippen molar-refractivity contribution in [2.45, 2.75) is 31.6 Å². The van der Waals surface area contributed by atoms with Crippen LogP contribution in [0.25, 0.3) is 44.2 Å². The van der Waals surface area contributed by atoms with E-state index in [0.717, 1.165) is 33.4 Å². The van der Waals surface area contributed by atoms with E-state index in [-0.39, 0.29) is 0 Å². The Balaban J connectivity index is 1.55. The zero-order valence-electron chi connectivity index (χ0n) is 20.6. The zero-order valence-corrected chi connectivity index (χ0v) is 21.4. The van der Waals surface area contributed by atoms with Crippen LogP contribution < -0.4 is 0 Å². The fourth-order valence-corrected chi connectivity index (χ4v) is 7.17. The summed E-state index contributed by atoms with van der Waals surface area (Å²) in [5, 5.41) is 3.08. The number of fused-ring (bicyclic) bond motifs is 14. The van der Waals surface area contributed by atoms with Gasteiger partial charge in [-0.25, -0.2) is 0 Å². The van der Waals surface area contributed by atoms with Gasteiger partial charge in [-0.05, 0) is 75.5 Å². The fraction of sp³-hybridized carbons (Fsp3) is 0.143. The van der Waals surface area contributed by atoms with Gasteiger partial charge in [-0.15, -0.1) is 0 Å². The molecule has 2 heteroatoms. The van der Waals surface area contributed by atoms with E-state index in [1.807, 2.05) is 12.1 Å². The Morgan fingerprint density at radius 3 is 2.38 bits per heavy atom. The van der Waals surface area contributed by atoms with Gasteiger partial charge in [0.05, 0.1) is 5.41 Å². The minimum Gasteiger partial charge on any atom is -0.455 e. The van der Waals surface area contributed by atoms with Crippen molar-refractivity contribution in [1.82, 2.24) is 0 Å². The highest BCUT2D eigenvalue weighted by Gasteiger charge is 2.52. The minimum atomic E-state index is -0.420. The molecule has 0 bridgehead atoms. The maximum atomic E-state index is 6.74. The number of aryl methyl sites for hydroxylation is 1. The van der Waals surface area contributed by atoms with Gasteiger partial charge in [0.25, 0.3) is 0 Å². The summed E-state index contributed by atoms with van der Waals surface area (Å²) in [6, 6.07) is 35.4. The molecule has 5 aromatic carbocycles. The molecule has 8 rings (SSSR count). The van der Waals surface area contributed by atoms with Crippen LogP contribution >= 0.6 is 11.6 Å². The van der Waals surface area contributed by atoms with E-state index in [9.17, 15) is 0 Å². The lowest BCUT2D eigenvalue weighted by Crippen LogP contribution is -2.26. The first-order valence-electron chi connectivity index (χ1n) is 13.2. The summed E-state index contributed by atoms with van der Waals surface area (Å²) in [5.41, 5.74) is 13.1. The Morgan fingerprint density at radius 1 is 0.676 bits per heavy atom. The number of benzene rings is 5. The van der Waals surface area contributed by atoms with Crippen molar-refractivity contribution in [3.63, 3.8) is 0 Å². The molecule has 0 saturated heterocycles. The second-order valence-electron chi connectivity index (χ2n) is 10.4. The molecule has 1 unspecified atom stereocenters. The maximum absolute atomic E-state index is 6.74. The van der Waals surface area contributed by atoms with Crippen LogP contribution in [-0.2, 0) is 11.8 Å². The van der Waals surface area contributed by atoms with E-state index < -0.39 is 5.41 Å². The van der Waals surface area contributed by atoms with Crippen molar-refractivity contribution in [2.24, 2.45) is 0 Å². The number of halogens is 1. The minimum absolute atomic E-state index is 0.420. The summed E-state index contributed by atoms with van der Waals surface area (Å²) in [5.74, 6) is 0. The molecular weight excluding hydrogens is 472 g/mol. The van der Waals surface area contributed by atoms with Crippen LogP contribution in [0.3, 0.4) is 0 Å². The third-order valence-electron chi connectivity index (χ3n) is 8.53. The molecule has 0 fully saturated rings. The molecule has 1 nitrogen and oxygen atoms in total. The number of hydrogen-bond acceptors (Lipinski definition) is 1. The van der Waals surface area contributed by atoms with Gasteiger partial charge in [0, 0.05) is 21.4 Å². The Hall–Kier alpha value is -3.81. The fourth-order valence-electron chi connectivity index (χ4n) is 7.00. The van der Waals surface area contributed by atoms with Crippen LogP contribution in [0.15, 0.2) is 101 Å². The molecule has 2 aliphatic carbocycles. The third-order valence-corrected chi connectivity index (χ3v) is 8.77.